The molecule has 2 unspecified atom stereocenters. The molecule has 0 radical (unpaired) electrons. The number of ether oxygens (including phenoxy) is 1. The van der Waals surface area contributed by atoms with E-state index in [1.54, 1.807) is 4.90 Å². The summed E-state index contributed by atoms with van der Waals surface area (Å²) < 4.78 is 5.51. The van der Waals surface area contributed by atoms with Gasteiger partial charge in [-0.3, -0.25) is 4.79 Å². The van der Waals surface area contributed by atoms with Crippen LogP contribution in [0.3, 0.4) is 0 Å². The number of para-hydroxylation sites is 1. The first kappa shape index (κ1) is 16.4. The third kappa shape index (κ3) is 2.68. The predicted molar refractivity (Wildman–Crippen MR) is 94.1 cm³/mol. The molecular weight excluding hydrogens is 318 g/mol. The Labute approximate surface area is 148 Å². The Bertz CT molecular complexity index is 678. The molecule has 1 aromatic carbocycles. The van der Waals surface area contributed by atoms with E-state index < -0.39 is 6.04 Å². The Kier molecular flexibility index (Phi) is 4.15. The van der Waals surface area contributed by atoms with Crippen molar-refractivity contribution in [2.24, 2.45) is 5.92 Å². The summed E-state index contributed by atoms with van der Waals surface area (Å²) in [6.07, 6.45) is 1.85. The van der Waals surface area contributed by atoms with Crippen LogP contribution >= 0.6 is 0 Å². The molecule has 0 aliphatic carbocycles. The number of carbonyl (C=O) groups excluding carboxylic acids is 2. The summed E-state index contributed by atoms with van der Waals surface area (Å²) in [5, 5.41) is 3.02. The third-order valence-corrected chi connectivity index (χ3v) is 5.82. The van der Waals surface area contributed by atoms with Crippen molar-refractivity contribution in [3.05, 3.63) is 29.8 Å². The monoisotopic (exact) mass is 343 g/mol. The van der Waals surface area contributed by atoms with E-state index in [0.717, 1.165) is 24.1 Å². The minimum Gasteiger partial charge on any atom is -0.377 e. The van der Waals surface area contributed by atoms with Crippen LogP contribution in [0.15, 0.2) is 24.3 Å². The molecule has 0 spiro atoms. The van der Waals surface area contributed by atoms with E-state index in [1.165, 1.54) is 0 Å². The first-order valence-electron chi connectivity index (χ1n) is 9.15. The molecule has 4 atom stereocenters. The number of benzene rings is 1. The maximum atomic E-state index is 13.3. The number of nitrogens with one attached hydrogen (secondary N) is 1. The largest absolute Gasteiger partial charge is 0.377 e. The Morgan fingerprint density at radius 2 is 2.04 bits per heavy atom. The van der Waals surface area contributed by atoms with Crippen molar-refractivity contribution in [2.45, 2.75) is 51.4 Å². The fourth-order valence-corrected chi connectivity index (χ4v) is 4.18. The van der Waals surface area contributed by atoms with Gasteiger partial charge >= 0.3 is 6.03 Å². The molecule has 134 valence electrons. The van der Waals surface area contributed by atoms with Crippen LogP contribution in [-0.2, 0) is 16.1 Å². The van der Waals surface area contributed by atoms with Gasteiger partial charge in [0.25, 0.3) is 0 Å². The highest BCUT2D eigenvalue weighted by Gasteiger charge is 2.49. The van der Waals surface area contributed by atoms with Crippen LogP contribution in [0.25, 0.3) is 0 Å². The van der Waals surface area contributed by atoms with Crippen molar-refractivity contribution in [3.8, 4) is 0 Å². The van der Waals surface area contributed by atoms with Gasteiger partial charge in [0.15, 0.2) is 0 Å². The summed E-state index contributed by atoms with van der Waals surface area (Å²) >= 11 is 0. The number of carbonyl (C=O) groups is 2. The van der Waals surface area contributed by atoms with E-state index in [1.807, 2.05) is 36.1 Å². The number of morpholine rings is 1. The zero-order valence-electron chi connectivity index (χ0n) is 14.8. The summed E-state index contributed by atoms with van der Waals surface area (Å²) in [5.41, 5.74) is 1.79. The first-order chi connectivity index (χ1) is 12.1. The lowest BCUT2D eigenvalue weighted by molar-refractivity contribution is -0.125. The number of rotatable bonds is 2. The van der Waals surface area contributed by atoms with Crippen LogP contribution in [0, 0.1) is 5.92 Å². The molecule has 6 nitrogen and oxygen atoms in total. The van der Waals surface area contributed by atoms with Gasteiger partial charge in [0.05, 0.1) is 31.8 Å². The Hall–Kier alpha value is -2.08. The van der Waals surface area contributed by atoms with Gasteiger partial charge in [-0.1, -0.05) is 38.5 Å². The number of amides is 3. The van der Waals surface area contributed by atoms with E-state index in [4.69, 9.17) is 4.74 Å². The van der Waals surface area contributed by atoms with Crippen molar-refractivity contribution in [3.63, 3.8) is 0 Å². The average molecular weight is 343 g/mol. The molecule has 3 heterocycles. The van der Waals surface area contributed by atoms with E-state index >= 15 is 0 Å². The first-order valence-corrected chi connectivity index (χ1v) is 9.15. The van der Waals surface area contributed by atoms with Crippen molar-refractivity contribution < 1.29 is 14.3 Å². The Morgan fingerprint density at radius 1 is 1.32 bits per heavy atom. The number of anilines is 1. The van der Waals surface area contributed by atoms with Gasteiger partial charge in [-0.25, -0.2) is 4.79 Å². The molecule has 1 N–H and O–H groups in total. The van der Waals surface area contributed by atoms with Crippen LogP contribution in [0.2, 0.25) is 0 Å². The fraction of sp³-hybridized carbons (Fsp3) is 0.579. The molecule has 2 fully saturated rings. The van der Waals surface area contributed by atoms with Gasteiger partial charge < -0.3 is 19.9 Å². The molecule has 2 bridgehead atoms. The van der Waals surface area contributed by atoms with Crippen molar-refractivity contribution in [1.29, 1.82) is 0 Å². The second-order valence-electron chi connectivity index (χ2n) is 7.38. The van der Waals surface area contributed by atoms with E-state index in [-0.39, 0.29) is 29.9 Å². The molecule has 6 heteroatoms. The smallest absolute Gasteiger partial charge is 0.321 e. The summed E-state index contributed by atoms with van der Waals surface area (Å²) in [6, 6.07) is 7.58. The second-order valence-corrected chi connectivity index (χ2v) is 7.38. The van der Waals surface area contributed by atoms with Crippen LogP contribution in [0.1, 0.15) is 32.3 Å². The Balaban J connectivity index is 1.68. The van der Waals surface area contributed by atoms with E-state index in [2.05, 4.69) is 12.2 Å². The number of fused-ring (bicyclic) bond motifs is 3. The summed E-state index contributed by atoms with van der Waals surface area (Å²) in [6.45, 7) is 5.77. The molecule has 2 saturated heterocycles. The zero-order chi connectivity index (χ0) is 17.6. The quantitative estimate of drug-likeness (QED) is 0.897. The third-order valence-electron chi connectivity index (χ3n) is 5.82. The van der Waals surface area contributed by atoms with Crippen LogP contribution in [-0.4, -0.2) is 53.1 Å². The molecule has 0 aromatic heterocycles. The highest BCUT2D eigenvalue weighted by atomic mass is 16.5. The molecule has 3 amide bonds. The van der Waals surface area contributed by atoms with Gasteiger partial charge in [0, 0.05) is 5.69 Å². The topological polar surface area (TPSA) is 61.9 Å². The predicted octanol–water partition coefficient (Wildman–Crippen LogP) is 2.45. The lowest BCUT2D eigenvalue weighted by Crippen LogP contribution is -2.69. The van der Waals surface area contributed by atoms with Crippen LogP contribution in [0.5, 0.6) is 0 Å². The summed E-state index contributed by atoms with van der Waals surface area (Å²) in [5.74, 6) is 0.00483. The standard InChI is InChI=1S/C19H25N3O3/c1-3-12(2)17-18(23)20-16-7-5-4-6-13(16)9-21(17)19(24)22-14-8-15(22)11-25-10-14/h4-7,12,14-15,17H,3,8-11H2,1-2H3,(H,20,23)/t12-,14?,15?,17-/m0/s1. The van der Waals surface area contributed by atoms with Crippen molar-refractivity contribution in [1.82, 2.24) is 9.80 Å². The van der Waals surface area contributed by atoms with Gasteiger partial charge in [0.1, 0.15) is 6.04 Å². The van der Waals surface area contributed by atoms with Gasteiger partial charge in [-0.05, 0) is 24.0 Å². The zero-order valence-corrected chi connectivity index (χ0v) is 14.8. The van der Waals surface area contributed by atoms with Crippen LogP contribution < -0.4 is 5.32 Å². The highest BCUT2D eigenvalue weighted by molar-refractivity contribution is 5.99. The minimum atomic E-state index is -0.452. The molecular formula is C19H25N3O3. The molecule has 1 aromatic rings. The summed E-state index contributed by atoms with van der Waals surface area (Å²) in [7, 11) is 0. The fourth-order valence-electron chi connectivity index (χ4n) is 4.18. The number of urea groups is 1. The highest BCUT2D eigenvalue weighted by Crippen LogP contribution is 2.35. The SMILES string of the molecule is CC[C@H](C)[C@H]1C(=O)Nc2ccccc2CN1C(=O)N1C2COCC1C2. The normalized spacial score (nSPS) is 29.2. The minimum absolute atomic E-state index is 0.0262. The van der Waals surface area contributed by atoms with Crippen molar-refractivity contribution >= 4 is 17.6 Å². The molecule has 3 aliphatic heterocycles. The number of nitrogens with zero attached hydrogens (tertiary/aromatic N) is 2. The van der Waals surface area contributed by atoms with Gasteiger partial charge in [-0.15, -0.1) is 0 Å². The van der Waals surface area contributed by atoms with Gasteiger partial charge in [-0.2, -0.15) is 0 Å². The van der Waals surface area contributed by atoms with Crippen molar-refractivity contribution in [2.75, 3.05) is 18.5 Å². The second kappa shape index (κ2) is 6.33. The van der Waals surface area contributed by atoms with Crippen LogP contribution in [0.4, 0.5) is 10.5 Å². The number of hydrogen-bond donors (Lipinski definition) is 1. The summed E-state index contributed by atoms with van der Waals surface area (Å²) in [4.78, 5) is 30.0. The lowest BCUT2D eigenvalue weighted by Gasteiger charge is -2.54. The maximum absolute atomic E-state index is 13.3. The van der Waals surface area contributed by atoms with Gasteiger partial charge in [0.2, 0.25) is 5.91 Å². The lowest BCUT2D eigenvalue weighted by atomic mass is 9.91. The molecule has 4 rings (SSSR count). The van der Waals surface area contributed by atoms with E-state index in [9.17, 15) is 9.59 Å². The molecule has 3 aliphatic rings. The molecule has 25 heavy (non-hydrogen) atoms. The Morgan fingerprint density at radius 3 is 2.72 bits per heavy atom. The average Bonchev–Trinajstić information content (AvgIpc) is 2.77. The molecule has 0 saturated carbocycles. The van der Waals surface area contributed by atoms with E-state index in [0.29, 0.717) is 19.8 Å². The number of hydrogen-bond acceptors (Lipinski definition) is 3. The maximum Gasteiger partial charge on any atom is 0.321 e.